The van der Waals surface area contributed by atoms with Crippen LogP contribution >= 0.6 is 0 Å². The van der Waals surface area contributed by atoms with E-state index >= 15 is 0 Å². The van der Waals surface area contributed by atoms with Crippen molar-refractivity contribution in [1.29, 1.82) is 0 Å². The van der Waals surface area contributed by atoms with Crippen molar-refractivity contribution in [2.75, 3.05) is 11.9 Å². The molecule has 3 aromatic rings. The van der Waals surface area contributed by atoms with Crippen LogP contribution in [-0.2, 0) is 16.0 Å². The number of aromatic nitrogens is 1. The summed E-state index contributed by atoms with van der Waals surface area (Å²) in [4.78, 5) is 27.6. The van der Waals surface area contributed by atoms with E-state index in [1.807, 2.05) is 54.6 Å². The van der Waals surface area contributed by atoms with Crippen molar-refractivity contribution in [2.45, 2.75) is 13.3 Å². The van der Waals surface area contributed by atoms with E-state index in [4.69, 9.17) is 4.74 Å². The number of benzene rings is 2. The topological polar surface area (TPSA) is 71.2 Å². The van der Waals surface area contributed by atoms with Crippen LogP contribution in [0.3, 0.4) is 0 Å². The molecule has 0 radical (unpaired) electrons. The minimum Gasteiger partial charge on any atom is -0.461 e. The molecule has 5 nitrogen and oxygen atoms in total. The first-order valence-corrected chi connectivity index (χ1v) is 7.80. The molecule has 5 heteroatoms. The lowest BCUT2D eigenvalue weighted by Gasteiger charge is -2.07. The standard InChI is InChI=1S/C19H18N2O3/c1-2-24-19(23)18-17(14-10-6-7-11-15(14)20-18)21-16(22)12-13-8-4-3-5-9-13/h3-11,20H,2,12H2,1H3,(H,21,22). The van der Waals surface area contributed by atoms with E-state index in [0.29, 0.717) is 5.69 Å². The van der Waals surface area contributed by atoms with Gasteiger partial charge in [-0.25, -0.2) is 4.79 Å². The molecule has 24 heavy (non-hydrogen) atoms. The second-order valence-corrected chi connectivity index (χ2v) is 5.35. The predicted molar refractivity (Wildman–Crippen MR) is 93.0 cm³/mol. The maximum absolute atomic E-state index is 12.4. The second kappa shape index (κ2) is 7.00. The van der Waals surface area contributed by atoms with E-state index in [0.717, 1.165) is 16.5 Å². The van der Waals surface area contributed by atoms with Gasteiger partial charge in [-0.3, -0.25) is 4.79 Å². The van der Waals surface area contributed by atoms with Gasteiger partial charge in [0, 0.05) is 10.9 Å². The molecular weight excluding hydrogens is 304 g/mol. The highest BCUT2D eigenvalue weighted by Crippen LogP contribution is 2.28. The Kier molecular flexibility index (Phi) is 4.61. The first kappa shape index (κ1) is 15.8. The molecule has 0 bridgehead atoms. The lowest BCUT2D eigenvalue weighted by molar-refractivity contribution is -0.115. The van der Waals surface area contributed by atoms with Gasteiger partial charge in [-0.15, -0.1) is 0 Å². The summed E-state index contributed by atoms with van der Waals surface area (Å²) in [5.74, 6) is -0.666. The van der Waals surface area contributed by atoms with Crippen LogP contribution in [0, 0.1) is 0 Å². The van der Waals surface area contributed by atoms with Gasteiger partial charge in [-0.05, 0) is 18.6 Å². The molecule has 0 unspecified atom stereocenters. The summed E-state index contributed by atoms with van der Waals surface area (Å²) in [7, 11) is 0. The van der Waals surface area contributed by atoms with Crippen molar-refractivity contribution in [1.82, 2.24) is 4.98 Å². The molecule has 0 aliphatic carbocycles. The van der Waals surface area contributed by atoms with Crippen LogP contribution in [0.15, 0.2) is 54.6 Å². The van der Waals surface area contributed by atoms with Crippen LogP contribution in [0.25, 0.3) is 10.9 Å². The van der Waals surface area contributed by atoms with Crippen molar-refractivity contribution in [2.24, 2.45) is 0 Å². The Balaban J connectivity index is 1.90. The summed E-state index contributed by atoms with van der Waals surface area (Å²) >= 11 is 0. The van der Waals surface area contributed by atoms with Crippen LogP contribution in [0.1, 0.15) is 23.0 Å². The Morgan fingerprint density at radius 3 is 2.50 bits per heavy atom. The Labute approximate surface area is 139 Å². The largest absolute Gasteiger partial charge is 0.461 e. The zero-order chi connectivity index (χ0) is 16.9. The van der Waals surface area contributed by atoms with Crippen molar-refractivity contribution in [3.05, 3.63) is 65.9 Å². The summed E-state index contributed by atoms with van der Waals surface area (Å²) in [6.45, 7) is 2.01. The highest BCUT2D eigenvalue weighted by atomic mass is 16.5. The number of amides is 1. The van der Waals surface area contributed by atoms with Crippen molar-refractivity contribution >= 4 is 28.5 Å². The number of rotatable bonds is 5. The van der Waals surface area contributed by atoms with Crippen LogP contribution in [0.4, 0.5) is 5.69 Å². The van der Waals surface area contributed by atoms with Gasteiger partial charge in [-0.1, -0.05) is 48.5 Å². The van der Waals surface area contributed by atoms with Gasteiger partial charge in [0.2, 0.25) is 5.91 Å². The van der Waals surface area contributed by atoms with Crippen LogP contribution in [0.2, 0.25) is 0 Å². The van der Waals surface area contributed by atoms with E-state index < -0.39 is 5.97 Å². The van der Waals surface area contributed by atoms with Gasteiger partial charge in [0.05, 0.1) is 18.7 Å². The lowest BCUT2D eigenvalue weighted by atomic mass is 10.1. The first-order valence-electron chi connectivity index (χ1n) is 7.80. The lowest BCUT2D eigenvalue weighted by Crippen LogP contribution is -2.17. The smallest absolute Gasteiger partial charge is 0.356 e. The normalized spacial score (nSPS) is 10.5. The van der Waals surface area contributed by atoms with E-state index in [1.165, 1.54) is 0 Å². The maximum atomic E-state index is 12.4. The third kappa shape index (κ3) is 3.30. The van der Waals surface area contributed by atoms with E-state index in [1.54, 1.807) is 6.92 Å². The highest BCUT2D eigenvalue weighted by molar-refractivity contribution is 6.11. The number of carbonyl (C=O) groups excluding carboxylic acids is 2. The fraction of sp³-hybridized carbons (Fsp3) is 0.158. The van der Waals surface area contributed by atoms with Gasteiger partial charge in [0.25, 0.3) is 0 Å². The number of hydrogen-bond acceptors (Lipinski definition) is 3. The molecule has 122 valence electrons. The van der Waals surface area contributed by atoms with Crippen LogP contribution in [-0.4, -0.2) is 23.5 Å². The summed E-state index contributed by atoms with van der Waals surface area (Å²) in [5.41, 5.74) is 2.41. The van der Waals surface area contributed by atoms with E-state index in [2.05, 4.69) is 10.3 Å². The summed E-state index contributed by atoms with van der Waals surface area (Å²) < 4.78 is 5.08. The Morgan fingerprint density at radius 1 is 1.04 bits per heavy atom. The van der Waals surface area contributed by atoms with E-state index in [9.17, 15) is 9.59 Å². The molecule has 0 spiro atoms. The van der Waals surface area contributed by atoms with Gasteiger partial charge in [0.15, 0.2) is 0 Å². The molecular formula is C19H18N2O3. The molecule has 3 rings (SSSR count). The fourth-order valence-electron chi connectivity index (χ4n) is 2.59. The average Bonchev–Trinajstić information content (AvgIpc) is 2.95. The fourth-order valence-corrected chi connectivity index (χ4v) is 2.59. The monoisotopic (exact) mass is 322 g/mol. The number of fused-ring (bicyclic) bond motifs is 1. The van der Waals surface area contributed by atoms with E-state index in [-0.39, 0.29) is 24.6 Å². The molecule has 1 aromatic heterocycles. The number of ether oxygens (including phenoxy) is 1. The number of carbonyl (C=O) groups is 2. The van der Waals surface area contributed by atoms with Gasteiger partial charge < -0.3 is 15.0 Å². The second-order valence-electron chi connectivity index (χ2n) is 5.35. The number of H-pyrrole nitrogens is 1. The predicted octanol–water partition coefficient (Wildman–Crippen LogP) is 3.53. The molecule has 1 amide bonds. The van der Waals surface area contributed by atoms with Crippen LogP contribution in [0.5, 0.6) is 0 Å². The number of para-hydroxylation sites is 1. The van der Waals surface area contributed by atoms with Gasteiger partial charge in [0.1, 0.15) is 5.69 Å². The zero-order valence-electron chi connectivity index (χ0n) is 13.3. The molecule has 0 aliphatic rings. The maximum Gasteiger partial charge on any atom is 0.356 e. The van der Waals surface area contributed by atoms with Crippen LogP contribution < -0.4 is 5.32 Å². The third-order valence-electron chi connectivity index (χ3n) is 3.66. The van der Waals surface area contributed by atoms with Gasteiger partial charge in [-0.2, -0.15) is 0 Å². The van der Waals surface area contributed by atoms with Crippen molar-refractivity contribution in [3.8, 4) is 0 Å². The number of nitrogens with one attached hydrogen (secondary N) is 2. The van der Waals surface area contributed by atoms with Crippen molar-refractivity contribution in [3.63, 3.8) is 0 Å². The zero-order valence-corrected chi connectivity index (χ0v) is 13.3. The summed E-state index contributed by atoms with van der Waals surface area (Å²) in [6, 6.07) is 16.9. The molecule has 1 heterocycles. The Hall–Kier alpha value is -3.08. The Bertz CT molecular complexity index is 869. The number of esters is 1. The summed E-state index contributed by atoms with van der Waals surface area (Å²) in [5, 5.41) is 3.63. The molecule has 0 aliphatic heterocycles. The summed E-state index contributed by atoms with van der Waals surface area (Å²) in [6.07, 6.45) is 0.239. The minimum absolute atomic E-state index is 0.184. The number of anilines is 1. The molecule has 0 atom stereocenters. The molecule has 0 fully saturated rings. The SMILES string of the molecule is CCOC(=O)c1[nH]c2ccccc2c1NC(=O)Cc1ccccc1. The number of hydrogen-bond donors (Lipinski definition) is 2. The molecule has 0 saturated heterocycles. The third-order valence-corrected chi connectivity index (χ3v) is 3.66. The first-order chi connectivity index (χ1) is 11.7. The molecule has 2 aromatic carbocycles. The Morgan fingerprint density at radius 2 is 1.75 bits per heavy atom. The minimum atomic E-state index is -0.483. The average molecular weight is 322 g/mol. The number of aromatic amines is 1. The molecule has 0 saturated carbocycles. The van der Waals surface area contributed by atoms with Gasteiger partial charge >= 0.3 is 5.97 Å². The quantitative estimate of drug-likeness (QED) is 0.706. The molecule has 2 N–H and O–H groups in total. The highest BCUT2D eigenvalue weighted by Gasteiger charge is 2.20. The van der Waals surface area contributed by atoms with Crippen molar-refractivity contribution < 1.29 is 14.3 Å².